The van der Waals surface area contributed by atoms with Gasteiger partial charge in [0.25, 0.3) is 0 Å². The fourth-order valence-corrected chi connectivity index (χ4v) is 4.27. The van der Waals surface area contributed by atoms with Crippen LogP contribution >= 0.6 is 0 Å². The van der Waals surface area contributed by atoms with Crippen LogP contribution in [0.1, 0.15) is 49.2 Å². The van der Waals surface area contributed by atoms with Crippen molar-refractivity contribution < 1.29 is 9.47 Å². The maximum absolute atomic E-state index is 5.55. The number of rotatable bonds is 6. The van der Waals surface area contributed by atoms with Gasteiger partial charge in [-0.3, -0.25) is 0 Å². The summed E-state index contributed by atoms with van der Waals surface area (Å²) in [5.41, 5.74) is 4.53. The molecule has 1 aliphatic heterocycles. The SMILES string of the molecule is COc1cccc2[nH]c(CNc3nn(C4CCOCC4)c4nc(C5CC5)cnc34)nc12. The standard InChI is InChI=1S/C22H25N7O2/c1-30-17-4-2-3-15-19(17)27-18(25-15)12-24-21-20-22(26-16(11-23-20)13-5-6-13)29(28-21)14-7-9-31-10-8-14/h2-4,11,13-14H,5-10,12H2,1H3,(H,24,28)(H,25,27). The number of nitrogens with one attached hydrogen (secondary N) is 2. The minimum Gasteiger partial charge on any atom is -0.494 e. The van der Waals surface area contributed by atoms with Crippen molar-refractivity contribution in [1.29, 1.82) is 0 Å². The Balaban J connectivity index is 1.33. The first-order chi connectivity index (χ1) is 15.3. The smallest absolute Gasteiger partial charge is 0.179 e. The molecule has 4 heterocycles. The largest absolute Gasteiger partial charge is 0.494 e. The Bertz CT molecular complexity index is 1240. The molecule has 1 saturated heterocycles. The lowest BCUT2D eigenvalue weighted by Crippen LogP contribution is -2.21. The number of fused-ring (bicyclic) bond motifs is 2. The van der Waals surface area contributed by atoms with Crippen molar-refractivity contribution in [1.82, 2.24) is 29.7 Å². The van der Waals surface area contributed by atoms with E-state index in [1.165, 1.54) is 12.8 Å². The lowest BCUT2D eigenvalue weighted by molar-refractivity contribution is 0.0674. The summed E-state index contributed by atoms with van der Waals surface area (Å²) in [6.45, 7) is 2.01. The van der Waals surface area contributed by atoms with E-state index >= 15 is 0 Å². The second-order valence-corrected chi connectivity index (χ2v) is 8.27. The van der Waals surface area contributed by atoms with E-state index in [0.717, 1.165) is 71.3 Å². The molecule has 0 unspecified atom stereocenters. The van der Waals surface area contributed by atoms with E-state index in [0.29, 0.717) is 12.5 Å². The van der Waals surface area contributed by atoms with Gasteiger partial charge in [0.2, 0.25) is 0 Å². The highest BCUT2D eigenvalue weighted by Crippen LogP contribution is 2.39. The van der Waals surface area contributed by atoms with E-state index in [1.807, 2.05) is 24.4 Å². The second kappa shape index (κ2) is 7.49. The normalized spacial score (nSPS) is 17.5. The molecule has 0 spiro atoms. The highest BCUT2D eigenvalue weighted by molar-refractivity contribution is 5.84. The van der Waals surface area contributed by atoms with Crippen LogP contribution in [-0.2, 0) is 11.3 Å². The molecular formula is C22H25N7O2. The third-order valence-corrected chi connectivity index (χ3v) is 6.12. The first-order valence-corrected chi connectivity index (χ1v) is 10.9. The van der Waals surface area contributed by atoms with E-state index < -0.39 is 0 Å². The maximum Gasteiger partial charge on any atom is 0.179 e. The number of aromatic amines is 1. The average molecular weight is 419 g/mol. The molecule has 1 aromatic carbocycles. The number of anilines is 1. The van der Waals surface area contributed by atoms with Crippen LogP contribution in [-0.4, -0.2) is 50.0 Å². The zero-order chi connectivity index (χ0) is 20.8. The molecule has 0 bridgehead atoms. The van der Waals surface area contributed by atoms with Crippen LogP contribution in [0.4, 0.5) is 5.82 Å². The van der Waals surface area contributed by atoms with Crippen molar-refractivity contribution in [3.63, 3.8) is 0 Å². The summed E-state index contributed by atoms with van der Waals surface area (Å²) in [6, 6.07) is 6.14. The number of imidazole rings is 1. The summed E-state index contributed by atoms with van der Waals surface area (Å²) >= 11 is 0. The van der Waals surface area contributed by atoms with Gasteiger partial charge in [-0.05, 0) is 37.8 Å². The molecule has 160 valence electrons. The van der Waals surface area contributed by atoms with Gasteiger partial charge in [0.15, 0.2) is 17.0 Å². The molecule has 0 amide bonds. The molecule has 1 aliphatic carbocycles. The topological polar surface area (TPSA) is 103 Å². The number of H-pyrrole nitrogens is 1. The number of ether oxygens (including phenoxy) is 2. The van der Waals surface area contributed by atoms with E-state index in [4.69, 9.17) is 29.5 Å². The molecule has 6 rings (SSSR count). The van der Waals surface area contributed by atoms with Gasteiger partial charge in [0.05, 0.1) is 30.9 Å². The summed E-state index contributed by atoms with van der Waals surface area (Å²) in [7, 11) is 1.66. The molecule has 0 radical (unpaired) electrons. The van der Waals surface area contributed by atoms with Crippen LogP contribution in [0.2, 0.25) is 0 Å². The predicted molar refractivity (Wildman–Crippen MR) is 116 cm³/mol. The lowest BCUT2D eigenvalue weighted by atomic mass is 10.1. The minimum atomic E-state index is 0.283. The summed E-state index contributed by atoms with van der Waals surface area (Å²) in [6.07, 6.45) is 6.19. The number of hydrogen-bond donors (Lipinski definition) is 2. The van der Waals surface area contributed by atoms with E-state index in [1.54, 1.807) is 7.11 Å². The Kier molecular flexibility index (Phi) is 4.48. The molecule has 31 heavy (non-hydrogen) atoms. The van der Waals surface area contributed by atoms with Gasteiger partial charge < -0.3 is 19.8 Å². The van der Waals surface area contributed by atoms with Gasteiger partial charge in [0.1, 0.15) is 17.1 Å². The van der Waals surface area contributed by atoms with Crippen molar-refractivity contribution in [3.05, 3.63) is 35.9 Å². The Morgan fingerprint density at radius 1 is 1.16 bits per heavy atom. The Morgan fingerprint density at radius 3 is 2.84 bits per heavy atom. The number of methoxy groups -OCH3 is 1. The van der Waals surface area contributed by atoms with Crippen molar-refractivity contribution in [2.24, 2.45) is 0 Å². The number of benzene rings is 1. The van der Waals surface area contributed by atoms with E-state index in [9.17, 15) is 0 Å². The van der Waals surface area contributed by atoms with Gasteiger partial charge in [-0.2, -0.15) is 5.10 Å². The van der Waals surface area contributed by atoms with Crippen LogP contribution in [0.15, 0.2) is 24.4 Å². The number of aromatic nitrogens is 6. The Morgan fingerprint density at radius 2 is 2.03 bits per heavy atom. The van der Waals surface area contributed by atoms with Crippen LogP contribution in [0.3, 0.4) is 0 Å². The van der Waals surface area contributed by atoms with Crippen LogP contribution in [0.25, 0.3) is 22.2 Å². The minimum absolute atomic E-state index is 0.283. The fourth-order valence-electron chi connectivity index (χ4n) is 4.27. The van der Waals surface area contributed by atoms with Crippen molar-refractivity contribution in [2.75, 3.05) is 25.6 Å². The number of hydrogen-bond acceptors (Lipinski definition) is 7. The van der Waals surface area contributed by atoms with Crippen molar-refractivity contribution >= 4 is 28.0 Å². The van der Waals surface area contributed by atoms with Gasteiger partial charge in [0, 0.05) is 25.3 Å². The number of nitrogens with zero attached hydrogens (tertiary/aromatic N) is 5. The molecule has 2 fully saturated rings. The molecule has 9 nitrogen and oxygen atoms in total. The van der Waals surface area contributed by atoms with E-state index in [2.05, 4.69) is 15.0 Å². The van der Waals surface area contributed by atoms with Crippen molar-refractivity contribution in [2.45, 2.75) is 44.2 Å². The first kappa shape index (κ1) is 18.6. The highest BCUT2D eigenvalue weighted by atomic mass is 16.5. The average Bonchev–Trinajstić information content (AvgIpc) is 3.48. The molecule has 3 aromatic heterocycles. The molecular weight excluding hydrogens is 394 g/mol. The quantitative estimate of drug-likeness (QED) is 0.493. The molecule has 2 N–H and O–H groups in total. The van der Waals surface area contributed by atoms with Crippen LogP contribution < -0.4 is 10.1 Å². The molecule has 9 heteroatoms. The molecule has 0 atom stereocenters. The van der Waals surface area contributed by atoms with Gasteiger partial charge in [-0.1, -0.05) is 6.07 Å². The summed E-state index contributed by atoms with van der Waals surface area (Å²) in [5, 5.41) is 8.32. The zero-order valence-electron chi connectivity index (χ0n) is 17.5. The van der Waals surface area contributed by atoms with E-state index in [-0.39, 0.29) is 6.04 Å². The Labute approximate surface area is 179 Å². The third-order valence-electron chi connectivity index (χ3n) is 6.12. The highest BCUT2D eigenvalue weighted by Gasteiger charge is 2.28. The lowest BCUT2D eigenvalue weighted by Gasteiger charge is -2.22. The first-order valence-electron chi connectivity index (χ1n) is 10.9. The zero-order valence-corrected chi connectivity index (χ0v) is 17.5. The maximum atomic E-state index is 5.55. The fraction of sp³-hybridized carbons (Fsp3) is 0.455. The summed E-state index contributed by atoms with van der Waals surface area (Å²) in [4.78, 5) is 17.8. The van der Waals surface area contributed by atoms with Crippen LogP contribution in [0.5, 0.6) is 5.75 Å². The molecule has 2 aliphatic rings. The monoisotopic (exact) mass is 419 g/mol. The van der Waals surface area contributed by atoms with Gasteiger partial charge >= 0.3 is 0 Å². The van der Waals surface area contributed by atoms with Gasteiger partial charge in [-0.15, -0.1) is 0 Å². The predicted octanol–water partition coefficient (Wildman–Crippen LogP) is 3.55. The Hall–Kier alpha value is -3.20. The number of para-hydroxylation sites is 1. The van der Waals surface area contributed by atoms with Crippen LogP contribution in [0, 0.1) is 0 Å². The molecule has 4 aromatic rings. The summed E-state index contributed by atoms with van der Waals surface area (Å²) < 4.78 is 13.0. The van der Waals surface area contributed by atoms with Gasteiger partial charge in [-0.25, -0.2) is 19.6 Å². The third kappa shape index (κ3) is 3.38. The molecule has 1 saturated carbocycles. The second-order valence-electron chi connectivity index (χ2n) is 8.27. The summed E-state index contributed by atoms with van der Waals surface area (Å²) in [5.74, 6) is 2.86. The van der Waals surface area contributed by atoms with Crippen molar-refractivity contribution in [3.8, 4) is 5.75 Å².